The van der Waals surface area contributed by atoms with Crippen molar-refractivity contribution in [3.63, 3.8) is 0 Å². The molecule has 0 aliphatic heterocycles. The van der Waals surface area contributed by atoms with E-state index in [2.05, 4.69) is 15.0 Å². The van der Waals surface area contributed by atoms with Gasteiger partial charge in [-0.15, -0.1) is 0 Å². The number of nitrogen functional groups attached to an aromatic ring is 1. The van der Waals surface area contributed by atoms with Gasteiger partial charge in [0.15, 0.2) is 25.1 Å². The van der Waals surface area contributed by atoms with Crippen LogP contribution in [0.2, 0.25) is 0 Å². The molecule has 190 valence electrons. The Labute approximate surface area is 203 Å². The van der Waals surface area contributed by atoms with Gasteiger partial charge in [-0.3, -0.25) is 18.6 Å². The molecule has 0 aromatic carbocycles. The molecule has 2 heterocycles. The minimum atomic E-state index is -3.08. The van der Waals surface area contributed by atoms with Crippen LogP contribution in [-0.4, -0.2) is 58.0 Å². The molecular weight excluding hydrogens is 485 g/mol. The van der Waals surface area contributed by atoms with E-state index < -0.39 is 18.4 Å². The van der Waals surface area contributed by atoms with Crippen LogP contribution >= 0.6 is 6.49 Å². The molecule has 2 N–H and O–H groups in total. The van der Waals surface area contributed by atoms with Crippen LogP contribution in [0.25, 0.3) is 11.2 Å². The van der Waals surface area contributed by atoms with Gasteiger partial charge in [-0.1, -0.05) is 27.7 Å². The number of nitrogens with zero attached hydrogens (tertiary/aromatic N) is 4. The lowest BCUT2D eigenvalue weighted by Crippen LogP contribution is -2.15. The van der Waals surface area contributed by atoms with Gasteiger partial charge in [0.2, 0.25) is 6.49 Å². The highest BCUT2D eigenvalue weighted by Crippen LogP contribution is 2.48. The summed E-state index contributed by atoms with van der Waals surface area (Å²) >= 11 is 5.49. The molecule has 0 fully saturated rings. The lowest BCUT2D eigenvalue weighted by atomic mass is 10.1. The fourth-order valence-electron chi connectivity index (χ4n) is 2.64. The summed E-state index contributed by atoms with van der Waals surface area (Å²) < 4.78 is 28.7. The maximum absolute atomic E-state index is 11.8. The smallest absolute Gasteiger partial charge is 0.308 e. The van der Waals surface area contributed by atoms with Crippen LogP contribution in [0.3, 0.4) is 0 Å². The van der Waals surface area contributed by atoms with Crippen LogP contribution in [0.15, 0.2) is 12.7 Å². The third-order valence-corrected chi connectivity index (χ3v) is 6.69. The van der Waals surface area contributed by atoms with Gasteiger partial charge in [0.05, 0.1) is 12.9 Å². The van der Waals surface area contributed by atoms with Gasteiger partial charge >= 0.3 is 11.9 Å². The molecule has 0 aliphatic rings. The van der Waals surface area contributed by atoms with E-state index in [0.29, 0.717) is 23.5 Å². The zero-order valence-corrected chi connectivity index (χ0v) is 21.5. The summed E-state index contributed by atoms with van der Waals surface area (Å²) in [6.45, 7) is 4.42. The average molecular weight is 518 g/mol. The summed E-state index contributed by atoms with van der Waals surface area (Å²) in [6, 6.07) is 0. The van der Waals surface area contributed by atoms with E-state index in [1.54, 1.807) is 10.9 Å². The molecule has 2 aromatic heterocycles. The topological polar surface area (TPSA) is 150 Å². The number of fused-ring (bicyclic) bond motifs is 1. The van der Waals surface area contributed by atoms with E-state index in [1.165, 1.54) is 6.33 Å². The lowest BCUT2D eigenvalue weighted by Gasteiger charge is -2.22. The maximum Gasteiger partial charge on any atom is 0.308 e. The number of esters is 2. The summed E-state index contributed by atoms with van der Waals surface area (Å²) in [5.74, 6) is -0.227. The molecule has 0 saturated heterocycles. The minimum absolute atomic E-state index is 0.0877. The second-order valence-electron chi connectivity index (χ2n) is 8.24. The van der Waals surface area contributed by atoms with Crippen molar-refractivity contribution in [3.8, 4) is 0 Å². The van der Waals surface area contributed by atoms with Gasteiger partial charge in [0.1, 0.15) is 18.2 Å². The van der Waals surface area contributed by atoms with Gasteiger partial charge in [0, 0.05) is 19.4 Å². The first-order chi connectivity index (χ1) is 16.1. The molecule has 0 spiro atoms. The van der Waals surface area contributed by atoms with Crippen molar-refractivity contribution < 1.29 is 32.8 Å². The summed E-state index contributed by atoms with van der Waals surface area (Å²) in [5, 5.41) is 0. The van der Waals surface area contributed by atoms with Crippen LogP contribution in [0.1, 0.15) is 40.5 Å². The number of rotatable bonds is 15. The van der Waals surface area contributed by atoms with E-state index in [-0.39, 0.29) is 51.2 Å². The van der Waals surface area contributed by atoms with Crippen molar-refractivity contribution >= 4 is 47.2 Å². The first-order valence-electron chi connectivity index (χ1n) is 10.8. The molecule has 2 rings (SSSR count). The molecule has 0 unspecified atom stereocenters. The number of imidazole rings is 1. The van der Waals surface area contributed by atoms with Gasteiger partial charge in [-0.05, 0) is 23.6 Å². The number of hydrogen-bond donors (Lipinski definition) is 1. The third kappa shape index (κ3) is 9.59. The van der Waals surface area contributed by atoms with Crippen molar-refractivity contribution in [1.29, 1.82) is 0 Å². The maximum atomic E-state index is 11.8. The average Bonchev–Trinajstić information content (AvgIpc) is 3.14. The molecule has 12 nitrogen and oxygen atoms in total. The number of nitrogens with two attached hydrogens (primary N) is 1. The molecule has 0 aliphatic carbocycles. The first-order valence-corrected chi connectivity index (χ1v) is 13.6. The van der Waals surface area contributed by atoms with Crippen LogP contribution in [0.5, 0.6) is 0 Å². The van der Waals surface area contributed by atoms with E-state index in [0.717, 1.165) is 0 Å². The van der Waals surface area contributed by atoms with Crippen LogP contribution in [0, 0.1) is 11.8 Å². The standard InChI is InChI=1S/C20H32N5O7PS/c1-14(2)7-16(26)29-11-31-33(34,32-12-30-17(27)8-15(3)4)13-28-6-5-25-10-24-18-19(21)22-9-23-20(18)25/h9-10,14-15H,5-8,11-13H2,1-4H3,(H2,21,22,23). The van der Waals surface area contributed by atoms with Crippen molar-refractivity contribution in [1.82, 2.24) is 19.5 Å². The molecule has 34 heavy (non-hydrogen) atoms. The number of aromatic nitrogens is 4. The Morgan fingerprint density at radius 1 is 1.03 bits per heavy atom. The Kier molecular flexibility index (Phi) is 11.3. The summed E-state index contributed by atoms with van der Waals surface area (Å²) in [6.07, 6.45) is 3.37. The normalized spacial score (nSPS) is 11.9. The lowest BCUT2D eigenvalue weighted by molar-refractivity contribution is -0.152. The molecule has 14 heteroatoms. The zero-order chi connectivity index (χ0) is 25.1. The predicted octanol–water partition coefficient (Wildman–Crippen LogP) is 2.82. The van der Waals surface area contributed by atoms with Crippen molar-refractivity contribution in [2.75, 3.05) is 32.3 Å². The van der Waals surface area contributed by atoms with Crippen LogP contribution < -0.4 is 5.73 Å². The van der Waals surface area contributed by atoms with Crippen molar-refractivity contribution in [2.24, 2.45) is 11.8 Å². The highest BCUT2D eigenvalue weighted by molar-refractivity contribution is 8.09. The molecule has 2 aromatic rings. The minimum Gasteiger partial charge on any atom is -0.438 e. The molecular formula is C20H32N5O7PS. The van der Waals surface area contributed by atoms with Crippen molar-refractivity contribution in [3.05, 3.63) is 12.7 Å². The Morgan fingerprint density at radius 2 is 1.62 bits per heavy atom. The number of ether oxygens (including phenoxy) is 3. The molecule has 0 amide bonds. The second kappa shape index (κ2) is 13.6. The first kappa shape index (κ1) is 28.1. The van der Waals surface area contributed by atoms with Gasteiger partial charge in [-0.25, -0.2) is 15.0 Å². The number of carbonyl (C=O) groups is 2. The van der Waals surface area contributed by atoms with Gasteiger partial charge < -0.3 is 24.5 Å². The summed E-state index contributed by atoms with van der Waals surface area (Å²) in [5.41, 5.74) is 6.88. The van der Waals surface area contributed by atoms with Gasteiger partial charge in [0.25, 0.3) is 0 Å². The van der Waals surface area contributed by atoms with E-state index in [9.17, 15) is 9.59 Å². The summed E-state index contributed by atoms with van der Waals surface area (Å²) in [7, 11) is 0. The zero-order valence-electron chi connectivity index (χ0n) is 19.8. The Morgan fingerprint density at radius 3 is 2.18 bits per heavy atom. The monoisotopic (exact) mass is 517 g/mol. The van der Waals surface area contributed by atoms with Crippen LogP contribution in [-0.2, 0) is 51.2 Å². The van der Waals surface area contributed by atoms with Crippen LogP contribution in [0.4, 0.5) is 5.82 Å². The van der Waals surface area contributed by atoms with E-state index in [4.69, 9.17) is 40.8 Å². The second-order valence-corrected chi connectivity index (χ2v) is 11.9. The highest BCUT2D eigenvalue weighted by Gasteiger charge is 2.22. The fourth-order valence-corrected chi connectivity index (χ4v) is 4.13. The van der Waals surface area contributed by atoms with E-state index >= 15 is 0 Å². The van der Waals surface area contributed by atoms with Crippen molar-refractivity contribution in [2.45, 2.75) is 47.1 Å². The number of carbonyl (C=O) groups excluding carboxylic acids is 2. The third-order valence-electron chi connectivity index (χ3n) is 4.24. The molecule has 0 radical (unpaired) electrons. The van der Waals surface area contributed by atoms with E-state index in [1.807, 2.05) is 27.7 Å². The Hall–Kier alpha value is -2.18. The number of hydrogen-bond acceptors (Lipinski definition) is 12. The largest absolute Gasteiger partial charge is 0.438 e. The SMILES string of the molecule is CC(C)CC(=O)OCOP(=S)(COCCn1cnc2c(N)ncnc21)OCOC(=O)CC(C)C. The quantitative estimate of drug-likeness (QED) is 0.160. The predicted molar refractivity (Wildman–Crippen MR) is 128 cm³/mol. The highest BCUT2D eigenvalue weighted by atomic mass is 32.5. The molecule has 0 bridgehead atoms. The van der Waals surface area contributed by atoms with Gasteiger partial charge in [-0.2, -0.15) is 0 Å². The Balaban J connectivity index is 1.88. The molecule has 0 atom stereocenters. The molecule has 0 saturated carbocycles. The Bertz CT molecular complexity index is 969. The fraction of sp³-hybridized carbons (Fsp3) is 0.650. The number of anilines is 1. The summed E-state index contributed by atoms with van der Waals surface area (Å²) in [4.78, 5) is 35.8.